The zero-order valence-electron chi connectivity index (χ0n) is 11.5. The predicted molar refractivity (Wildman–Crippen MR) is 79.5 cm³/mol. The summed E-state index contributed by atoms with van der Waals surface area (Å²) in [6.45, 7) is 4.10. The first kappa shape index (κ1) is 13.1. The SMILES string of the molecule is CC1(C)NC(=O)CN(Cc2csc3ccccc23)C1=O. The molecule has 2 amide bonds. The molecule has 0 aliphatic carbocycles. The molecule has 1 aromatic heterocycles. The zero-order chi connectivity index (χ0) is 14.3. The summed E-state index contributed by atoms with van der Waals surface area (Å²) in [7, 11) is 0. The van der Waals surface area contributed by atoms with E-state index in [1.807, 2.05) is 12.1 Å². The van der Waals surface area contributed by atoms with Gasteiger partial charge in [0.1, 0.15) is 5.54 Å². The number of hydrogen-bond donors (Lipinski definition) is 1. The number of nitrogens with zero attached hydrogens (tertiary/aromatic N) is 1. The van der Waals surface area contributed by atoms with Crippen molar-refractivity contribution in [1.82, 2.24) is 10.2 Å². The number of rotatable bonds is 2. The highest BCUT2D eigenvalue weighted by Gasteiger charge is 2.39. The second-order valence-electron chi connectivity index (χ2n) is 5.59. The van der Waals surface area contributed by atoms with Crippen LogP contribution >= 0.6 is 11.3 Å². The average Bonchev–Trinajstić information content (AvgIpc) is 2.78. The molecule has 0 spiro atoms. The van der Waals surface area contributed by atoms with Crippen LogP contribution < -0.4 is 5.32 Å². The van der Waals surface area contributed by atoms with E-state index in [4.69, 9.17) is 0 Å². The van der Waals surface area contributed by atoms with Gasteiger partial charge in [-0.3, -0.25) is 9.59 Å². The van der Waals surface area contributed by atoms with Crippen LogP contribution in [-0.2, 0) is 16.1 Å². The molecule has 0 bridgehead atoms. The molecular formula is C15H16N2O2S. The summed E-state index contributed by atoms with van der Waals surface area (Å²) in [4.78, 5) is 25.7. The van der Waals surface area contributed by atoms with Gasteiger partial charge in [0.15, 0.2) is 0 Å². The lowest BCUT2D eigenvalue weighted by Gasteiger charge is -2.37. The topological polar surface area (TPSA) is 49.4 Å². The number of carbonyl (C=O) groups is 2. The van der Waals surface area contributed by atoms with Crippen LogP contribution in [0.5, 0.6) is 0 Å². The highest BCUT2D eigenvalue weighted by Crippen LogP contribution is 2.27. The lowest BCUT2D eigenvalue weighted by Crippen LogP contribution is -2.63. The van der Waals surface area contributed by atoms with Crippen LogP contribution in [0.1, 0.15) is 19.4 Å². The van der Waals surface area contributed by atoms with Crippen LogP contribution in [0.4, 0.5) is 0 Å². The van der Waals surface area contributed by atoms with Crippen molar-refractivity contribution in [2.75, 3.05) is 6.54 Å². The molecule has 1 saturated heterocycles. The van der Waals surface area contributed by atoms with Gasteiger partial charge < -0.3 is 10.2 Å². The maximum absolute atomic E-state index is 12.4. The van der Waals surface area contributed by atoms with E-state index in [9.17, 15) is 9.59 Å². The van der Waals surface area contributed by atoms with Gasteiger partial charge in [-0.05, 0) is 36.2 Å². The highest BCUT2D eigenvalue weighted by molar-refractivity contribution is 7.17. The first-order valence-corrected chi connectivity index (χ1v) is 7.41. The van der Waals surface area contributed by atoms with Crippen LogP contribution in [0.25, 0.3) is 10.1 Å². The van der Waals surface area contributed by atoms with Gasteiger partial charge in [0.25, 0.3) is 0 Å². The molecule has 3 rings (SSSR count). The van der Waals surface area contributed by atoms with E-state index in [0.29, 0.717) is 6.54 Å². The number of fused-ring (bicyclic) bond motifs is 1. The molecule has 5 heteroatoms. The summed E-state index contributed by atoms with van der Waals surface area (Å²) in [6.07, 6.45) is 0. The molecule has 1 fully saturated rings. The Morgan fingerprint density at radius 3 is 2.85 bits per heavy atom. The van der Waals surface area contributed by atoms with Gasteiger partial charge in [0.2, 0.25) is 11.8 Å². The Morgan fingerprint density at radius 1 is 1.30 bits per heavy atom. The molecule has 4 nitrogen and oxygen atoms in total. The molecule has 1 aliphatic rings. The smallest absolute Gasteiger partial charge is 0.248 e. The van der Waals surface area contributed by atoms with E-state index in [1.165, 1.54) is 4.70 Å². The first-order valence-electron chi connectivity index (χ1n) is 6.53. The summed E-state index contributed by atoms with van der Waals surface area (Å²) < 4.78 is 1.20. The molecule has 1 aromatic carbocycles. The van der Waals surface area contributed by atoms with Gasteiger partial charge in [-0.1, -0.05) is 18.2 Å². The summed E-state index contributed by atoms with van der Waals surface area (Å²) in [5.74, 6) is -0.137. The fourth-order valence-corrected chi connectivity index (χ4v) is 3.52. The predicted octanol–water partition coefficient (Wildman–Crippen LogP) is 2.14. The molecule has 104 valence electrons. The maximum Gasteiger partial charge on any atom is 0.248 e. The van der Waals surface area contributed by atoms with Crippen molar-refractivity contribution in [2.24, 2.45) is 0 Å². The third-order valence-electron chi connectivity index (χ3n) is 3.53. The van der Waals surface area contributed by atoms with E-state index >= 15 is 0 Å². The van der Waals surface area contributed by atoms with Crippen LogP contribution in [-0.4, -0.2) is 28.8 Å². The van der Waals surface area contributed by atoms with Gasteiger partial charge in [0, 0.05) is 11.2 Å². The van der Waals surface area contributed by atoms with Crippen LogP contribution in [0.2, 0.25) is 0 Å². The number of carbonyl (C=O) groups excluding carboxylic acids is 2. The largest absolute Gasteiger partial charge is 0.341 e. The molecule has 1 N–H and O–H groups in total. The summed E-state index contributed by atoms with van der Waals surface area (Å²) in [5.41, 5.74) is 0.283. The molecule has 0 unspecified atom stereocenters. The lowest BCUT2D eigenvalue weighted by atomic mass is 10.00. The van der Waals surface area contributed by atoms with Crippen molar-refractivity contribution in [3.05, 3.63) is 35.2 Å². The van der Waals surface area contributed by atoms with Crippen LogP contribution in [0.3, 0.4) is 0 Å². The number of benzene rings is 1. The Labute approximate surface area is 121 Å². The second kappa shape index (κ2) is 4.59. The van der Waals surface area contributed by atoms with E-state index in [1.54, 1.807) is 30.1 Å². The van der Waals surface area contributed by atoms with Crippen LogP contribution in [0.15, 0.2) is 29.6 Å². The fourth-order valence-electron chi connectivity index (χ4n) is 2.57. The Morgan fingerprint density at radius 2 is 2.05 bits per heavy atom. The monoisotopic (exact) mass is 288 g/mol. The first-order chi connectivity index (χ1) is 9.47. The second-order valence-corrected chi connectivity index (χ2v) is 6.50. The minimum absolute atomic E-state index is 0.0348. The minimum Gasteiger partial charge on any atom is -0.341 e. The van der Waals surface area contributed by atoms with E-state index in [0.717, 1.165) is 10.9 Å². The summed E-state index contributed by atoms with van der Waals surface area (Å²) in [6, 6.07) is 8.12. The third-order valence-corrected chi connectivity index (χ3v) is 4.54. The van der Waals surface area contributed by atoms with Gasteiger partial charge >= 0.3 is 0 Å². The van der Waals surface area contributed by atoms with Crippen molar-refractivity contribution in [3.8, 4) is 0 Å². The molecule has 2 aromatic rings. The Balaban J connectivity index is 1.90. The molecule has 2 heterocycles. The van der Waals surface area contributed by atoms with Crippen LogP contribution in [0, 0.1) is 0 Å². The van der Waals surface area contributed by atoms with Gasteiger partial charge in [0.05, 0.1) is 6.54 Å². The van der Waals surface area contributed by atoms with Crippen molar-refractivity contribution in [2.45, 2.75) is 25.9 Å². The number of nitrogens with one attached hydrogen (secondary N) is 1. The number of hydrogen-bond acceptors (Lipinski definition) is 3. The summed E-state index contributed by atoms with van der Waals surface area (Å²) in [5, 5.41) is 5.95. The van der Waals surface area contributed by atoms with Gasteiger partial charge in [-0.15, -0.1) is 11.3 Å². The Bertz CT molecular complexity index is 690. The van der Waals surface area contributed by atoms with E-state index < -0.39 is 5.54 Å². The highest BCUT2D eigenvalue weighted by atomic mass is 32.1. The van der Waals surface area contributed by atoms with Crippen molar-refractivity contribution in [3.63, 3.8) is 0 Å². The molecule has 0 radical (unpaired) electrons. The van der Waals surface area contributed by atoms with Gasteiger partial charge in [-0.2, -0.15) is 0 Å². The molecule has 1 aliphatic heterocycles. The maximum atomic E-state index is 12.4. The van der Waals surface area contributed by atoms with Gasteiger partial charge in [-0.25, -0.2) is 0 Å². The Kier molecular flexibility index (Phi) is 3.01. The van der Waals surface area contributed by atoms with E-state index in [2.05, 4.69) is 22.8 Å². The minimum atomic E-state index is -0.818. The lowest BCUT2D eigenvalue weighted by molar-refractivity contribution is -0.148. The van der Waals surface area contributed by atoms with Crippen molar-refractivity contribution >= 4 is 33.2 Å². The fraction of sp³-hybridized carbons (Fsp3) is 0.333. The molecule has 20 heavy (non-hydrogen) atoms. The number of piperazine rings is 1. The number of thiophene rings is 1. The zero-order valence-corrected chi connectivity index (χ0v) is 12.3. The molecular weight excluding hydrogens is 272 g/mol. The third kappa shape index (κ3) is 2.18. The number of amides is 2. The average molecular weight is 288 g/mol. The molecule has 0 atom stereocenters. The van der Waals surface area contributed by atoms with Crippen molar-refractivity contribution in [1.29, 1.82) is 0 Å². The molecule has 0 saturated carbocycles. The van der Waals surface area contributed by atoms with E-state index in [-0.39, 0.29) is 18.4 Å². The van der Waals surface area contributed by atoms with Crippen molar-refractivity contribution < 1.29 is 9.59 Å². The quantitative estimate of drug-likeness (QED) is 0.920. The summed E-state index contributed by atoms with van der Waals surface area (Å²) >= 11 is 1.67. The normalized spacial score (nSPS) is 18.4. The Hall–Kier alpha value is -1.88. The standard InChI is InChI=1S/C15H16N2O2S/c1-15(2)14(19)17(8-13(18)16-15)7-10-9-20-12-6-4-3-5-11(10)12/h3-6,9H,7-8H2,1-2H3,(H,16,18).